The van der Waals surface area contributed by atoms with Crippen LogP contribution < -0.4 is 10.5 Å². The van der Waals surface area contributed by atoms with Gasteiger partial charge in [0.25, 0.3) is 0 Å². The lowest BCUT2D eigenvalue weighted by Crippen LogP contribution is -2.03. The average Bonchev–Trinajstić information content (AvgIpc) is 2.08. The van der Waals surface area contributed by atoms with Gasteiger partial charge in [-0.1, -0.05) is 11.6 Å². The van der Waals surface area contributed by atoms with E-state index in [0.29, 0.717) is 17.4 Å². The summed E-state index contributed by atoms with van der Waals surface area (Å²) in [6.45, 7) is 2.32. The molecule has 0 aliphatic carbocycles. The number of hydrogen-bond donors (Lipinski definition) is 1. The van der Waals surface area contributed by atoms with Crippen molar-refractivity contribution in [3.8, 4) is 5.75 Å². The van der Waals surface area contributed by atoms with Crippen molar-refractivity contribution in [2.45, 2.75) is 13.5 Å². The molecule has 2 N–H and O–H groups in total. The van der Waals surface area contributed by atoms with Crippen LogP contribution in [0, 0.1) is 6.92 Å². The lowest BCUT2D eigenvalue weighted by Gasteiger charge is -2.06. The van der Waals surface area contributed by atoms with Crippen molar-refractivity contribution in [2.75, 3.05) is 7.11 Å². The summed E-state index contributed by atoms with van der Waals surface area (Å²) >= 11 is 5.79. The summed E-state index contributed by atoms with van der Waals surface area (Å²) in [5.74, 6) is 0.589. The number of rotatable bonds is 2. The van der Waals surface area contributed by atoms with Crippen LogP contribution in [-0.2, 0) is 6.54 Å². The Morgan fingerprint density at radius 1 is 1.62 bits per heavy atom. The molecule has 0 saturated carbocycles. The van der Waals surface area contributed by atoms with Crippen LogP contribution in [0.25, 0.3) is 0 Å². The molecule has 1 aromatic heterocycles. The third-order valence-electron chi connectivity index (χ3n) is 1.65. The lowest BCUT2D eigenvalue weighted by molar-refractivity contribution is 0.412. The van der Waals surface area contributed by atoms with Gasteiger partial charge in [0.1, 0.15) is 0 Å². The van der Waals surface area contributed by atoms with E-state index in [4.69, 9.17) is 22.1 Å². The monoisotopic (exact) mass is 222 g/mol. The molecular weight excluding hydrogens is 211 g/mol. The Kier molecular flexibility index (Phi) is 5.06. The Morgan fingerprint density at radius 2 is 2.23 bits per heavy atom. The van der Waals surface area contributed by atoms with Crippen LogP contribution >= 0.6 is 24.0 Å². The number of nitrogens with two attached hydrogens (primary N) is 1. The van der Waals surface area contributed by atoms with Crippen molar-refractivity contribution in [2.24, 2.45) is 5.73 Å². The number of ether oxygens (including phenoxy) is 1. The van der Waals surface area contributed by atoms with Crippen LogP contribution in [0.15, 0.2) is 6.07 Å². The van der Waals surface area contributed by atoms with Gasteiger partial charge in [-0.05, 0) is 18.6 Å². The van der Waals surface area contributed by atoms with Crippen LogP contribution in [0.3, 0.4) is 0 Å². The van der Waals surface area contributed by atoms with E-state index >= 15 is 0 Å². The Morgan fingerprint density at radius 3 is 2.69 bits per heavy atom. The zero-order valence-corrected chi connectivity index (χ0v) is 9.08. The van der Waals surface area contributed by atoms with E-state index in [2.05, 4.69) is 4.98 Å². The first-order valence-electron chi connectivity index (χ1n) is 3.59. The maximum Gasteiger partial charge on any atom is 0.171 e. The predicted octanol–water partition coefficient (Wildman–Crippen LogP) is 1.93. The lowest BCUT2D eigenvalue weighted by atomic mass is 10.2. The van der Waals surface area contributed by atoms with Crippen LogP contribution in [0.5, 0.6) is 5.75 Å². The molecule has 0 bridgehead atoms. The van der Waals surface area contributed by atoms with Crippen LogP contribution in [0.1, 0.15) is 11.3 Å². The summed E-state index contributed by atoms with van der Waals surface area (Å²) in [5.41, 5.74) is 7.25. The number of aromatic nitrogens is 1. The van der Waals surface area contributed by atoms with Crippen molar-refractivity contribution in [1.29, 1.82) is 0 Å². The second-order valence-electron chi connectivity index (χ2n) is 2.45. The standard InChI is InChI=1S/C8H11ClN2O.ClH/c1-5-3-7(12-2)8(9)11-6(5)4-10;/h3H,4,10H2,1-2H3;1H. The normalized spacial score (nSPS) is 9.23. The fraction of sp³-hybridized carbons (Fsp3) is 0.375. The molecule has 5 heteroatoms. The van der Waals surface area contributed by atoms with Gasteiger partial charge < -0.3 is 10.5 Å². The van der Waals surface area contributed by atoms with Crippen molar-refractivity contribution in [3.63, 3.8) is 0 Å². The minimum absolute atomic E-state index is 0. The van der Waals surface area contributed by atoms with E-state index in [0.717, 1.165) is 11.3 Å². The zero-order chi connectivity index (χ0) is 9.14. The molecule has 0 fully saturated rings. The van der Waals surface area contributed by atoms with Gasteiger partial charge in [0.15, 0.2) is 10.9 Å². The number of hydrogen-bond acceptors (Lipinski definition) is 3. The fourth-order valence-electron chi connectivity index (χ4n) is 0.951. The molecule has 1 heterocycles. The molecule has 0 aliphatic heterocycles. The highest BCUT2D eigenvalue weighted by Crippen LogP contribution is 2.23. The number of methoxy groups -OCH3 is 1. The van der Waals surface area contributed by atoms with Gasteiger partial charge in [0.05, 0.1) is 12.8 Å². The Hall–Kier alpha value is -0.510. The van der Waals surface area contributed by atoms with Gasteiger partial charge in [-0.3, -0.25) is 0 Å². The van der Waals surface area contributed by atoms with E-state index in [1.165, 1.54) is 0 Å². The van der Waals surface area contributed by atoms with Crippen LogP contribution in [0.4, 0.5) is 0 Å². The van der Waals surface area contributed by atoms with Crippen molar-refractivity contribution in [3.05, 3.63) is 22.5 Å². The first-order chi connectivity index (χ1) is 5.69. The highest BCUT2D eigenvalue weighted by Gasteiger charge is 2.05. The summed E-state index contributed by atoms with van der Waals surface area (Å²) in [6.07, 6.45) is 0. The molecule has 1 rings (SSSR count). The van der Waals surface area contributed by atoms with Crippen molar-refractivity contribution >= 4 is 24.0 Å². The topological polar surface area (TPSA) is 48.1 Å². The molecule has 0 aromatic carbocycles. The summed E-state index contributed by atoms with van der Waals surface area (Å²) < 4.78 is 4.99. The second-order valence-corrected chi connectivity index (χ2v) is 2.81. The molecule has 0 saturated heterocycles. The van der Waals surface area contributed by atoms with E-state index in [9.17, 15) is 0 Å². The van der Waals surface area contributed by atoms with Crippen molar-refractivity contribution < 1.29 is 4.74 Å². The molecule has 0 aliphatic rings. The molecule has 0 atom stereocenters. The first-order valence-corrected chi connectivity index (χ1v) is 3.97. The summed E-state index contributed by atoms with van der Waals surface area (Å²) in [7, 11) is 1.56. The molecule has 0 spiro atoms. The minimum Gasteiger partial charge on any atom is -0.494 e. The number of pyridine rings is 1. The number of aryl methyl sites for hydroxylation is 1. The van der Waals surface area contributed by atoms with Gasteiger partial charge in [-0.25, -0.2) is 4.98 Å². The second kappa shape index (κ2) is 5.27. The molecule has 1 aromatic rings. The van der Waals surface area contributed by atoms with Crippen molar-refractivity contribution in [1.82, 2.24) is 4.98 Å². The highest BCUT2D eigenvalue weighted by molar-refractivity contribution is 6.30. The van der Waals surface area contributed by atoms with Crippen LogP contribution in [0.2, 0.25) is 5.15 Å². The largest absolute Gasteiger partial charge is 0.494 e. The molecule has 0 unspecified atom stereocenters. The first kappa shape index (κ1) is 12.5. The maximum atomic E-state index is 5.79. The molecule has 74 valence electrons. The zero-order valence-electron chi connectivity index (χ0n) is 7.50. The summed E-state index contributed by atoms with van der Waals surface area (Å²) in [6, 6.07) is 1.83. The molecule has 13 heavy (non-hydrogen) atoms. The van der Waals surface area contributed by atoms with E-state index < -0.39 is 0 Å². The fourth-order valence-corrected chi connectivity index (χ4v) is 1.18. The number of halogens is 2. The SMILES string of the molecule is COc1cc(C)c(CN)nc1Cl.Cl. The maximum absolute atomic E-state index is 5.79. The smallest absolute Gasteiger partial charge is 0.171 e. The van der Waals surface area contributed by atoms with Gasteiger partial charge >= 0.3 is 0 Å². The predicted molar refractivity (Wildman–Crippen MR) is 55.7 cm³/mol. The summed E-state index contributed by atoms with van der Waals surface area (Å²) in [4.78, 5) is 4.08. The Labute approximate surface area is 88.7 Å². The van der Waals surface area contributed by atoms with E-state index in [-0.39, 0.29) is 12.4 Å². The third-order valence-corrected chi connectivity index (χ3v) is 1.92. The highest BCUT2D eigenvalue weighted by atomic mass is 35.5. The summed E-state index contributed by atoms with van der Waals surface area (Å²) in [5, 5.41) is 0.364. The van der Waals surface area contributed by atoms with Crippen LogP contribution in [-0.4, -0.2) is 12.1 Å². The third kappa shape index (κ3) is 2.72. The molecule has 0 radical (unpaired) electrons. The molecular formula is C8H12Cl2N2O. The van der Waals surface area contributed by atoms with E-state index in [1.54, 1.807) is 7.11 Å². The van der Waals surface area contributed by atoms with E-state index in [1.807, 2.05) is 13.0 Å². The molecule has 0 amide bonds. The number of nitrogens with zero attached hydrogens (tertiary/aromatic N) is 1. The van der Waals surface area contributed by atoms with Gasteiger partial charge in [-0.2, -0.15) is 0 Å². The Balaban J connectivity index is 0.00000144. The van der Waals surface area contributed by atoms with Gasteiger partial charge in [0.2, 0.25) is 0 Å². The minimum atomic E-state index is 0. The average molecular weight is 223 g/mol. The Bertz CT molecular complexity index is 262. The van der Waals surface area contributed by atoms with Gasteiger partial charge in [-0.15, -0.1) is 12.4 Å². The quantitative estimate of drug-likeness (QED) is 0.779. The van der Waals surface area contributed by atoms with Gasteiger partial charge in [0, 0.05) is 6.54 Å². The molecule has 3 nitrogen and oxygen atoms in total.